The third-order valence-electron chi connectivity index (χ3n) is 5.04. The summed E-state index contributed by atoms with van der Waals surface area (Å²) in [5.41, 5.74) is -0.766. The van der Waals surface area contributed by atoms with E-state index < -0.39 is 21.3 Å². The van der Waals surface area contributed by atoms with E-state index in [1.807, 2.05) is 6.08 Å². The van der Waals surface area contributed by atoms with Gasteiger partial charge in [0.1, 0.15) is 18.8 Å². The monoisotopic (exact) mass is 446 g/mol. The summed E-state index contributed by atoms with van der Waals surface area (Å²) in [6, 6.07) is 2.54. The lowest BCUT2D eigenvalue weighted by molar-refractivity contribution is -0.117. The van der Waals surface area contributed by atoms with Gasteiger partial charge in [-0.05, 0) is 52.9 Å². The van der Waals surface area contributed by atoms with Crippen LogP contribution >= 0.6 is 15.7 Å². The lowest BCUT2D eigenvalue weighted by Gasteiger charge is -2.43. The highest BCUT2D eigenvalue weighted by Crippen LogP contribution is 2.53. The van der Waals surface area contributed by atoms with Gasteiger partial charge in [0.05, 0.1) is 38.4 Å². The second-order valence-corrected chi connectivity index (χ2v) is 13.4. The van der Waals surface area contributed by atoms with E-state index in [0.717, 1.165) is 0 Å². The summed E-state index contributed by atoms with van der Waals surface area (Å²) in [5.74, 6) is 1.92. The molecule has 0 aliphatic carbocycles. The van der Waals surface area contributed by atoms with Crippen LogP contribution in [0.15, 0.2) is 11.9 Å². The van der Waals surface area contributed by atoms with Crippen LogP contribution in [-0.4, -0.2) is 67.7 Å². The van der Waals surface area contributed by atoms with E-state index in [9.17, 15) is 4.57 Å². The molecule has 0 N–H and O–H groups in total. The third kappa shape index (κ3) is 6.34. The highest BCUT2D eigenvalue weighted by Gasteiger charge is 2.57. The maximum atomic E-state index is 12.3. The Balaban J connectivity index is 2.33. The van der Waals surface area contributed by atoms with Crippen LogP contribution in [0.5, 0.6) is 0 Å². The van der Waals surface area contributed by atoms with E-state index in [4.69, 9.17) is 23.8 Å². The first kappa shape index (κ1) is 25.0. The molecule has 7 nitrogen and oxygen atoms in total. The number of rotatable bonds is 10. The van der Waals surface area contributed by atoms with Crippen LogP contribution in [0.25, 0.3) is 0 Å². The Kier molecular flexibility index (Phi) is 8.89. The summed E-state index contributed by atoms with van der Waals surface area (Å²) in [6.45, 7) is 15.2. The van der Waals surface area contributed by atoms with Crippen LogP contribution in [0.3, 0.4) is 0 Å². The molecule has 2 aliphatic rings. The van der Waals surface area contributed by atoms with Crippen molar-refractivity contribution in [2.45, 2.75) is 70.9 Å². The van der Waals surface area contributed by atoms with Gasteiger partial charge in [-0.25, -0.2) is 4.67 Å². The predicted molar refractivity (Wildman–Crippen MR) is 116 cm³/mol. The Morgan fingerprint density at radius 1 is 1.34 bits per heavy atom. The zero-order valence-corrected chi connectivity index (χ0v) is 20.5. The number of nitrogens with zero attached hydrogens (tertiary/aromatic N) is 2. The molecule has 2 saturated heterocycles. The molecule has 2 fully saturated rings. The van der Waals surface area contributed by atoms with Gasteiger partial charge in [0.25, 0.3) is 8.53 Å². The van der Waals surface area contributed by atoms with Crippen LogP contribution in [0.2, 0.25) is 0 Å². The molecule has 1 unspecified atom stereocenters. The molecule has 0 aromatic heterocycles. The van der Waals surface area contributed by atoms with Crippen molar-refractivity contribution in [2.24, 2.45) is 5.92 Å². The van der Waals surface area contributed by atoms with Gasteiger partial charge < -0.3 is 23.1 Å². The predicted octanol–water partition coefficient (Wildman–Crippen LogP) is 4.59. The number of nitriles is 1. The summed E-state index contributed by atoms with van der Waals surface area (Å²) < 4.78 is 39.5. The third-order valence-corrected chi connectivity index (χ3v) is 8.02. The smallest absolute Gasteiger partial charge is 0.259 e. The lowest BCUT2D eigenvalue weighted by Crippen LogP contribution is -2.53. The number of ether oxygens (including phenoxy) is 2. The molecule has 0 spiro atoms. The van der Waals surface area contributed by atoms with Gasteiger partial charge in [0.15, 0.2) is 0 Å². The Labute approximate surface area is 177 Å². The summed E-state index contributed by atoms with van der Waals surface area (Å²) in [7, 11) is -3.78. The molecular weight excluding hydrogens is 410 g/mol. The van der Waals surface area contributed by atoms with Gasteiger partial charge in [-0.2, -0.15) is 5.26 Å². The molecular formula is C20H36N2O5P2. The quantitative estimate of drug-likeness (QED) is 0.359. The molecule has 5 atom stereocenters. The summed E-state index contributed by atoms with van der Waals surface area (Å²) in [6.07, 6.45) is 1.71. The van der Waals surface area contributed by atoms with Crippen molar-refractivity contribution >= 4 is 15.7 Å². The maximum Gasteiger partial charge on any atom is 0.259 e. The normalized spacial score (nSPS) is 31.1. The van der Waals surface area contributed by atoms with Crippen molar-refractivity contribution in [3.8, 4) is 6.07 Å². The molecule has 0 aromatic rings. The van der Waals surface area contributed by atoms with Crippen LogP contribution in [0.1, 0.15) is 41.0 Å². The minimum absolute atomic E-state index is 0.118. The van der Waals surface area contributed by atoms with Gasteiger partial charge in [-0.3, -0.25) is 0 Å². The molecule has 0 amide bonds. The summed E-state index contributed by atoms with van der Waals surface area (Å²) in [4.78, 5) is 0. The fourth-order valence-corrected chi connectivity index (χ4v) is 6.09. The van der Waals surface area contributed by atoms with Crippen molar-refractivity contribution < 1.29 is 23.1 Å². The zero-order chi connectivity index (χ0) is 21.8. The van der Waals surface area contributed by atoms with E-state index >= 15 is 0 Å². The largest absolute Gasteiger partial charge is 0.372 e. The molecule has 0 aromatic carbocycles. The molecule has 2 heterocycles. The number of hydrogen-bond donors (Lipinski definition) is 0. The molecule has 9 heteroatoms. The van der Waals surface area contributed by atoms with Crippen molar-refractivity contribution in [3.63, 3.8) is 0 Å². The first-order valence-electron chi connectivity index (χ1n) is 10.3. The fourth-order valence-electron chi connectivity index (χ4n) is 3.68. The van der Waals surface area contributed by atoms with E-state index in [2.05, 4.69) is 45.4 Å². The second kappa shape index (κ2) is 10.3. The standard InChI is InChI=1S/C20H36N2O5P2/c1-15(2)22(16(3)4)28(26-11-8-10-21)27-19-18-17(5)13-25-20(19,14-24-18)9-12-29(6,7)23/h9,12,15-19H,8,11,13-14H2,1-7H3/b12-9+/t17-,18+,19+,20+,28?/m1/s1. The summed E-state index contributed by atoms with van der Waals surface area (Å²) in [5, 5.41) is 8.92. The Morgan fingerprint density at radius 3 is 2.55 bits per heavy atom. The Hall–Kier alpha value is -0.310. The first-order valence-corrected chi connectivity index (χ1v) is 14.1. The van der Waals surface area contributed by atoms with E-state index in [-0.39, 0.29) is 30.2 Å². The summed E-state index contributed by atoms with van der Waals surface area (Å²) >= 11 is 0. The highest BCUT2D eigenvalue weighted by molar-refractivity contribution is 7.65. The first-order chi connectivity index (χ1) is 13.5. The van der Waals surface area contributed by atoms with Crippen molar-refractivity contribution in [1.82, 2.24) is 4.67 Å². The topological polar surface area (TPSA) is 81.0 Å². The molecule has 29 heavy (non-hydrogen) atoms. The number of fused-ring (bicyclic) bond motifs is 2. The molecule has 0 radical (unpaired) electrons. The second-order valence-electron chi connectivity index (χ2n) is 8.84. The van der Waals surface area contributed by atoms with Gasteiger partial charge in [-0.1, -0.05) is 6.92 Å². The van der Waals surface area contributed by atoms with Gasteiger partial charge in [0.2, 0.25) is 0 Å². The van der Waals surface area contributed by atoms with E-state index in [0.29, 0.717) is 26.2 Å². The van der Waals surface area contributed by atoms with Gasteiger partial charge >= 0.3 is 0 Å². The van der Waals surface area contributed by atoms with Crippen molar-refractivity contribution in [2.75, 3.05) is 33.2 Å². The van der Waals surface area contributed by atoms with Crippen LogP contribution in [-0.2, 0) is 23.1 Å². The minimum atomic E-state index is -2.36. The van der Waals surface area contributed by atoms with Crippen LogP contribution in [0, 0.1) is 17.2 Å². The zero-order valence-electron chi connectivity index (χ0n) is 18.7. The van der Waals surface area contributed by atoms with E-state index in [1.165, 1.54) is 0 Å². The average Bonchev–Trinajstić information content (AvgIpc) is 2.86. The van der Waals surface area contributed by atoms with Gasteiger partial charge in [0, 0.05) is 18.0 Å². The van der Waals surface area contributed by atoms with Crippen LogP contribution in [0.4, 0.5) is 0 Å². The maximum absolute atomic E-state index is 12.3. The molecule has 2 aliphatic heterocycles. The fraction of sp³-hybridized carbons (Fsp3) is 0.850. The van der Waals surface area contributed by atoms with Gasteiger partial charge in [-0.15, -0.1) is 0 Å². The van der Waals surface area contributed by atoms with Crippen LogP contribution < -0.4 is 0 Å². The average molecular weight is 446 g/mol. The lowest BCUT2D eigenvalue weighted by atomic mass is 9.88. The Morgan fingerprint density at radius 2 is 2.00 bits per heavy atom. The molecule has 2 bridgehead atoms. The molecule has 2 rings (SSSR count). The SMILES string of the molecule is CC(C)N(C(C)C)P(OCCC#N)O[C@H]1[C@H]2OC[C@]1(/C=C/P(C)(C)=O)OC[C@H]2C. The Bertz CT molecular complexity index is 652. The number of hydrogen-bond acceptors (Lipinski definition) is 7. The molecule has 0 saturated carbocycles. The van der Waals surface area contributed by atoms with E-state index in [1.54, 1.807) is 19.1 Å². The van der Waals surface area contributed by atoms with Crippen molar-refractivity contribution in [3.05, 3.63) is 11.9 Å². The molecule has 166 valence electrons. The van der Waals surface area contributed by atoms with Crippen molar-refractivity contribution in [1.29, 1.82) is 5.26 Å². The highest BCUT2D eigenvalue weighted by atomic mass is 31.2. The minimum Gasteiger partial charge on any atom is -0.372 e.